The fraction of sp³-hybridized carbons (Fsp3) is 0.684. The minimum Gasteiger partial charge on any atom is -0.314 e. The van der Waals surface area contributed by atoms with E-state index < -0.39 is 0 Å². The van der Waals surface area contributed by atoms with Crippen LogP contribution in [0.25, 0.3) is 0 Å². The van der Waals surface area contributed by atoms with Crippen LogP contribution >= 0.6 is 0 Å². The number of nitrogens with one attached hydrogen (secondary N) is 1. The zero-order chi connectivity index (χ0) is 14.4. The van der Waals surface area contributed by atoms with E-state index in [1.54, 1.807) is 11.1 Å². The van der Waals surface area contributed by atoms with Gasteiger partial charge in [-0.05, 0) is 68.0 Å². The number of aryl methyl sites for hydroxylation is 1. The molecule has 0 radical (unpaired) electrons. The second kappa shape index (κ2) is 7.83. The standard InChI is InChI=1S/C19H31N/c1-4-13-20-19(12-9-15(2)3)18-11-10-16-7-5-6-8-17(16)14-18/h5-8,15,18-20H,4,9-14H2,1-3H3. The predicted molar refractivity (Wildman–Crippen MR) is 88.1 cm³/mol. The molecule has 1 heteroatoms. The van der Waals surface area contributed by atoms with Gasteiger partial charge in [0.05, 0.1) is 0 Å². The van der Waals surface area contributed by atoms with Crippen LogP contribution in [0, 0.1) is 11.8 Å². The lowest BCUT2D eigenvalue weighted by Crippen LogP contribution is -2.39. The number of benzene rings is 1. The molecule has 0 saturated heterocycles. The summed E-state index contributed by atoms with van der Waals surface area (Å²) in [6.07, 6.45) is 7.82. The van der Waals surface area contributed by atoms with Crippen LogP contribution in [0.1, 0.15) is 57.6 Å². The zero-order valence-corrected chi connectivity index (χ0v) is 13.5. The molecule has 0 aromatic heterocycles. The lowest BCUT2D eigenvalue weighted by Gasteiger charge is -2.33. The first kappa shape index (κ1) is 15.6. The van der Waals surface area contributed by atoms with Gasteiger partial charge in [0.1, 0.15) is 0 Å². The largest absolute Gasteiger partial charge is 0.314 e. The normalized spacial score (nSPS) is 19.9. The SMILES string of the molecule is CCCNC(CCC(C)C)C1CCc2ccccc2C1. The highest BCUT2D eigenvalue weighted by Gasteiger charge is 2.25. The van der Waals surface area contributed by atoms with Crippen molar-refractivity contribution in [1.29, 1.82) is 0 Å². The number of hydrogen-bond acceptors (Lipinski definition) is 1. The second-order valence-corrected chi connectivity index (χ2v) is 6.80. The molecule has 1 aromatic carbocycles. The monoisotopic (exact) mass is 273 g/mol. The van der Waals surface area contributed by atoms with Crippen molar-refractivity contribution < 1.29 is 0 Å². The Kier molecular flexibility index (Phi) is 6.09. The van der Waals surface area contributed by atoms with Crippen molar-refractivity contribution in [3.05, 3.63) is 35.4 Å². The first-order chi connectivity index (χ1) is 9.70. The Hall–Kier alpha value is -0.820. The van der Waals surface area contributed by atoms with Crippen LogP contribution in [-0.4, -0.2) is 12.6 Å². The van der Waals surface area contributed by atoms with Gasteiger partial charge in [0.2, 0.25) is 0 Å². The lowest BCUT2D eigenvalue weighted by molar-refractivity contribution is 0.290. The summed E-state index contributed by atoms with van der Waals surface area (Å²) < 4.78 is 0. The fourth-order valence-electron chi connectivity index (χ4n) is 3.42. The molecule has 20 heavy (non-hydrogen) atoms. The average molecular weight is 273 g/mol. The molecule has 1 aliphatic rings. The van der Waals surface area contributed by atoms with Gasteiger partial charge < -0.3 is 5.32 Å². The maximum atomic E-state index is 3.83. The van der Waals surface area contributed by atoms with E-state index in [1.807, 2.05) is 0 Å². The van der Waals surface area contributed by atoms with Gasteiger partial charge >= 0.3 is 0 Å². The van der Waals surface area contributed by atoms with Gasteiger partial charge in [-0.1, -0.05) is 45.0 Å². The van der Waals surface area contributed by atoms with E-state index in [0.29, 0.717) is 6.04 Å². The molecule has 2 rings (SSSR count). The van der Waals surface area contributed by atoms with Crippen LogP contribution in [0.5, 0.6) is 0 Å². The molecule has 0 spiro atoms. The molecule has 1 N–H and O–H groups in total. The molecule has 112 valence electrons. The third kappa shape index (κ3) is 4.34. The van der Waals surface area contributed by atoms with Crippen LogP contribution in [0.4, 0.5) is 0 Å². The summed E-state index contributed by atoms with van der Waals surface area (Å²) in [5, 5.41) is 3.83. The Morgan fingerprint density at radius 1 is 1.15 bits per heavy atom. The highest BCUT2D eigenvalue weighted by Crippen LogP contribution is 2.29. The van der Waals surface area contributed by atoms with E-state index in [-0.39, 0.29) is 0 Å². The first-order valence-corrected chi connectivity index (χ1v) is 8.50. The summed E-state index contributed by atoms with van der Waals surface area (Å²) in [5.41, 5.74) is 3.18. The van der Waals surface area contributed by atoms with Gasteiger partial charge in [-0.15, -0.1) is 0 Å². The van der Waals surface area contributed by atoms with Gasteiger partial charge in [0.25, 0.3) is 0 Å². The minimum atomic E-state index is 0.714. The van der Waals surface area contributed by atoms with E-state index in [2.05, 4.69) is 50.4 Å². The molecular weight excluding hydrogens is 242 g/mol. The summed E-state index contributed by atoms with van der Waals surface area (Å²) in [5.74, 6) is 1.65. The smallest absolute Gasteiger partial charge is 0.00987 e. The van der Waals surface area contributed by atoms with E-state index in [0.717, 1.165) is 11.8 Å². The molecule has 2 atom stereocenters. The minimum absolute atomic E-state index is 0.714. The number of fused-ring (bicyclic) bond motifs is 1. The summed E-state index contributed by atoms with van der Waals surface area (Å²) in [4.78, 5) is 0. The van der Waals surface area contributed by atoms with Crippen LogP contribution in [-0.2, 0) is 12.8 Å². The molecule has 0 heterocycles. The van der Waals surface area contributed by atoms with Gasteiger partial charge in [-0.25, -0.2) is 0 Å². The first-order valence-electron chi connectivity index (χ1n) is 8.50. The molecule has 0 bridgehead atoms. The molecule has 1 nitrogen and oxygen atoms in total. The Bertz CT molecular complexity index is 397. The van der Waals surface area contributed by atoms with Gasteiger partial charge in [-0.3, -0.25) is 0 Å². The highest BCUT2D eigenvalue weighted by molar-refractivity contribution is 5.30. The van der Waals surface area contributed by atoms with Crippen molar-refractivity contribution in [3.63, 3.8) is 0 Å². The Balaban J connectivity index is 1.98. The maximum Gasteiger partial charge on any atom is 0.00987 e. The Morgan fingerprint density at radius 3 is 2.60 bits per heavy atom. The van der Waals surface area contributed by atoms with Crippen molar-refractivity contribution in [3.8, 4) is 0 Å². The van der Waals surface area contributed by atoms with E-state index in [4.69, 9.17) is 0 Å². The maximum absolute atomic E-state index is 3.83. The van der Waals surface area contributed by atoms with Crippen molar-refractivity contribution in [1.82, 2.24) is 5.32 Å². The van der Waals surface area contributed by atoms with Crippen LogP contribution in [0.2, 0.25) is 0 Å². The van der Waals surface area contributed by atoms with Crippen molar-refractivity contribution >= 4 is 0 Å². The van der Waals surface area contributed by atoms with Crippen molar-refractivity contribution in [2.75, 3.05) is 6.54 Å². The molecule has 0 fully saturated rings. The van der Waals surface area contributed by atoms with Crippen LogP contribution < -0.4 is 5.32 Å². The quantitative estimate of drug-likeness (QED) is 0.766. The number of hydrogen-bond donors (Lipinski definition) is 1. The Morgan fingerprint density at radius 2 is 1.90 bits per heavy atom. The van der Waals surface area contributed by atoms with E-state index >= 15 is 0 Å². The topological polar surface area (TPSA) is 12.0 Å². The molecule has 0 amide bonds. The third-order valence-corrected chi connectivity index (χ3v) is 4.67. The predicted octanol–water partition coefficient (Wildman–Crippen LogP) is 4.60. The van der Waals surface area contributed by atoms with Gasteiger partial charge in [-0.2, -0.15) is 0 Å². The third-order valence-electron chi connectivity index (χ3n) is 4.67. The van der Waals surface area contributed by atoms with E-state index in [9.17, 15) is 0 Å². The van der Waals surface area contributed by atoms with Crippen LogP contribution in [0.15, 0.2) is 24.3 Å². The molecular formula is C19H31N. The summed E-state index contributed by atoms with van der Waals surface area (Å²) in [7, 11) is 0. The summed E-state index contributed by atoms with van der Waals surface area (Å²) in [6, 6.07) is 9.74. The van der Waals surface area contributed by atoms with Crippen molar-refractivity contribution in [2.45, 2.75) is 65.3 Å². The van der Waals surface area contributed by atoms with Crippen molar-refractivity contribution in [2.24, 2.45) is 11.8 Å². The van der Waals surface area contributed by atoms with Gasteiger partial charge in [0, 0.05) is 6.04 Å². The zero-order valence-electron chi connectivity index (χ0n) is 13.5. The van der Waals surface area contributed by atoms with Gasteiger partial charge in [0.15, 0.2) is 0 Å². The highest BCUT2D eigenvalue weighted by atomic mass is 14.9. The fourth-order valence-corrected chi connectivity index (χ4v) is 3.42. The molecule has 0 saturated carbocycles. The number of rotatable bonds is 7. The molecule has 2 unspecified atom stereocenters. The summed E-state index contributed by atoms with van der Waals surface area (Å²) >= 11 is 0. The molecule has 0 aliphatic heterocycles. The lowest BCUT2D eigenvalue weighted by atomic mass is 9.78. The average Bonchev–Trinajstić information content (AvgIpc) is 2.46. The second-order valence-electron chi connectivity index (χ2n) is 6.80. The van der Waals surface area contributed by atoms with Crippen LogP contribution in [0.3, 0.4) is 0 Å². The van der Waals surface area contributed by atoms with E-state index in [1.165, 1.54) is 45.1 Å². The molecule has 1 aliphatic carbocycles. The summed E-state index contributed by atoms with van der Waals surface area (Å²) in [6.45, 7) is 8.11. The molecule has 1 aromatic rings. The Labute approximate surface area is 125 Å².